The molecule has 1 aliphatic carbocycles. The van der Waals surface area contributed by atoms with Gasteiger partial charge < -0.3 is 10.3 Å². The molecular formula is C14H24N4O2S. The van der Waals surface area contributed by atoms with Crippen molar-refractivity contribution in [3.63, 3.8) is 0 Å². The van der Waals surface area contributed by atoms with E-state index in [-0.39, 0.29) is 17.1 Å². The van der Waals surface area contributed by atoms with Gasteiger partial charge in [-0.1, -0.05) is 13.3 Å². The molecule has 2 heterocycles. The molecule has 2 aliphatic rings. The largest absolute Gasteiger partial charge is 0.332 e. The van der Waals surface area contributed by atoms with Crippen LogP contribution in [-0.2, 0) is 16.4 Å². The summed E-state index contributed by atoms with van der Waals surface area (Å²) in [5.74, 6) is 0.722. The molecule has 2 fully saturated rings. The van der Waals surface area contributed by atoms with Crippen molar-refractivity contribution in [3.8, 4) is 0 Å². The first kappa shape index (κ1) is 15.0. The van der Waals surface area contributed by atoms with E-state index in [1.807, 2.05) is 6.92 Å². The molecule has 1 atom stereocenters. The van der Waals surface area contributed by atoms with E-state index in [1.54, 1.807) is 4.31 Å². The van der Waals surface area contributed by atoms with Crippen molar-refractivity contribution in [2.45, 2.75) is 62.6 Å². The van der Waals surface area contributed by atoms with Crippen LogP contribution in [0, 0.1) is 0 Å². The number of aromatic nitrogens is 2. The highest BCUT2D eigenvalue weighted by atomic mass is 32.2. The Hall–Kier alpha value is -0.920. The predicted molar refractivity (Wildman–Crippen MR) is 80.5 cm³/mol. The number of nitrogens with one attached hydrogen (secondary N) is 2. The molecule has 1 saturated heterocycles. The third-order valence-corrected chi connectivity index (χ3v) is 6.12. The minimum absolute atomic E-state index is 0.173. The molecular weight excluding hydrogens is 288 g/mol. The quantitative estimate of drug-likeness (QED) is 0.829. The van der Waals surface area contributed by atoms with Crippen LogP contribution in [0.4, 0.5) is 0 Å². The van der Waals surface area contributed by atoms with Crippen molar-refractivity contribution in [1.29, 1.82) is 0 Å². The number of imidazole rings is 1. The number of H-pyrrole nitrogens is 1. The van der Waals surface area contributed by atoms with Gasteiger partial charge in [-0.2, -0.15) is 4.31 Å². The fraction of sp³-hybridized carbons (Fsp3) is 0.786. The molecule has 7 heteroatoms. The lowest BCUT2D eigenvalue weighted by atomic mass is 10.1. The highest BCUT2D eigenvalue weighted by Crippen LogP contribution is 2.32. The second-order valence-electron chi connectivity index (χ2n) is 6.00. The molecule has 1 saturated carbocycles. The Morgan fingerprint density at radius 1 is 1.33 bits per heavy atom. The summed E-state index contributed by atoms with van der Waals surface area (Å²) in [5, 5.41) is 3.68. The first-order valence-corrected chi connectivity index (χ1v) is 9.34. The van der Waals surface area contributed by atoms with Crippen molar-refractivity contribution >= 4 is 10.0 Å². The molecule has 118 valence electrons. The van der Waals surface area contributed by atoms with Gasteiger partial charge in [-0.3, -0.25) is 0 Å². The molecule has 1 unspecified atom stereocenters. The number of aryl methyl sites for hydroxylation is 1. The predicted octanol–water partition coefficient (Wildman–Crippen LogP) is 1.27. The summed E-state index contributed by atoms with van der Waals surface area (Å²) in [6.45, 7) is 3.53. The van der Waals surface area contributed by atoms with Gasteiger partial charge >= 0.3 is 0 Å². The summed E-state index contributed by atoms with van der Waals surface area (Å²) < 4.78 is 27.4. The zero-order valence-electron chi connectivity index (χ0n) is 12.5. The van der Waals surface area contributed by atoms with E-state index in [0.717, 1.165) is 31.6 Å². The van der Waals surface area contributed by atoms with Crippen LogP contribution in [0.15, 0.2) is 11.2 Å². The molecule has 0 radical (unpaired) electrons. The molecule has 2 N–H and O–H groups in total. The highest BCUT2D eigenvalue weighted by Gasteiger charge is 2.40. The van der Waals surface area contributed by atoms with Crippen LogP contribution in [0.25, 0.3) is 0 Å². The number of sulfonamides is 1. The van der Waals surface area contributed by atoms with Gasteiger partial charge in [0.25, 0.3) is 10.0 Å². The number of nitrogens with zero attached hydrogens (tertiary/aromatic N) is 2. The smallest absolute Gasteiger partial charge is 0.260 e. The second kappa shape index (κ2) is 6.06. The van der Waals surface area contributed by atoms with E-state index in [9.17, 15) is 8.42 Å². The summed E-state index contributed by atoms with van der Waals surface area (Å²) in [6.07, 6.45) is 7.54. The molecule has 6 nitrogen and oxygen atoms in total. The number of rotatable bonds is 6. The fourth-order valence-electron chi connectivity index (χ4n) is 2.88. The normalized spacial score (nSPS) is 23.6. The lowest BCUT2D eigenvalue weighted by Crippen LogP contribution is -2.46. The average molecular weight is 312 g/mol. The van der Waals surface area contributed by atoms with Crippen LogP contribution in [0.2, 0.25) is 0 Å². The summed E-state index contributed by atoms with van der Waals surface area (Å²) in [7, 11) is -3.45. The Morgan fingerprint density at radius 3 is 2.71 bits per heavy atom. The zero-order chi connectivity index (χ0) is 14.9. The standard InChI is InChI=1S/C14H24N4O2S/c1-2-13-16-9-14(17-13)21(19,20)18(12-6-7-12)10-11-5-3-4-8-15-11/h9,11-12,15H,2-8,10H2,1H3,(H,16,17). The molecule has 3 rings (SSSR count). The van der Waals surface area contributed by atoms with E-state index in [4.69, 9.17) is 0 Å². The van der Waals surface area contributed by atoms with Gasteiger partial charge in [0.15, 0.2) is 5.03 Å². The van der Waals surface area contributed by atoms with E-state index in [0.29, 0.717) is 13.0 Å². The highest BCUT2D eigenvalue weighted by molar-refractivity contribution is 7.89. The van der Waals surface area contributed by atoms with Gasteiger partial charge in [0.2, 0.25) is 0 Å². The van der Waals surface area contributed by atoms with Crippen LogP contribution < -0.4 is 5.32 Å². The Labute approximate surface area is 126 Å². The minimum atomic E-state index is -3.45. The number of hydrogen-bond donors (Lipinski definition) is 2. The molecule has 0 bridgehead atoms. The molecule has 0 amide bonds. The van der Waals surface area contributed by atoms with Crippen LogP contribution in [0.5, 0.6) is 0 Å². The Kier molecular flexibility index (Phi) is 4.33. The third-order valence-electron chi connectivity index (χ3n) is 4.29. The van der Waals surface area contributed by atoms with Crippen molar-refractivity contribution in [1.82, 2.24) is 19.6 Å². The van der Waals surface area contributed by atoms with Crippen LogP contribution in [0.3, 0.4) is 0 Å². The van der Waals surface area contributed by atoms with Crippen molar-refractivity contribution in [3.05, 3.63) is 12.0 Å². The molecule has 0 aromatic carbocycles. The lowest BCUT2D eigenvalue weighted by molar-refractivity contribution is 0.307. The first-order chi connectivity index (χ1) is 10.1. The monoisotopic (exact) mass is 312 g/mol. The van der Waals surface area contributed by atoms with E-state index in [2.05, 4.69) is 15.3 Å². The fourth-order valence-corrected chi connectivity index (χ4v) is 4.55. The van der Waals surface area contributed by atoms with Gasteiger partial charge in [0.1, 0.15) is 5.82 Å². The van der Waals surface area contributed by atoms with E-state index >= 15 is 0 Å². The Bertz CT molecular complexity index is 574. The van der Waals surface area contributed by atoms with E-state index in [1.165, 1.54) is 19.0 Å². The van der Waals surface area contributed by atoms with Crippen molar-refractivity contribution < 1.29 is 8.42 Å². The van der Waals surface area contributed by atoms with Crippen molar-refractivity contribution in [2.24, 2.45) is 0 Å². The lowest BCUT2D eigenvalue weighted by Gasteiger charge is -2.29. The van der Waals surface area contributed by atoms with Crippen LogP contribution >= 0.6 is 0 Å². The maximum Gasteiger partial charge on any atom is 0.260 e. The molecule has 0 spiro atoms. The van der Waals surface area contributed by atoms with Crippen LogP contribution in [-0.4, -0.2) is 47.9 Å². The average Bonchev–Trinajstić information content (AvgIpc) is 3.20. The summed E-state index contributed by atoms with van der Waals surface area (Å²) >= 11 is 0. The van der Waals surface area contributed by atoms with Gasteiger partial charge in [-0.25, -0.2) is 13.4 Å². The van der Waals surface area contributed by atoms with Gasteiger partial charge in [0.05, 0.1) is 6.20 Å². The summed E-state index contributed by atoms with van der Waals surface area (Å²) in [5.41, 5.74) is 0. The summed E-state index contributed by atoms with van der Waals surface area (Å²) in [6, 6.07) is 0.454. The molecule has 1 aliphatic heterocycles. The Balaban J connectivity index is 1.78. The number of aromatic amines is 1. The first-order valence-electron chi connectivity index (χ1n) is 7.90. The van der Waals surface area contributed by atoms with Gasteiger partial charge in [-0.15, -0.1) is 0 Å². The Morgan fingerprint density at radius 2 is 2.14 bits per heavy atom. The van der Waals surface area contributed by atoms with Crippen LogP contribution in [0.1, 0.15) is 44.9 Å². The van der Waals surface area contributed by atoms with Gasteiger partial charge in [-0.05, 0) is 32.2 Å². The SMILES string of the molecule is CCc1ncc(S(=O)(=O)N(CC2CCCCN2)C2CC2)[nH]1. The third kappa shape index (κ3) is 3.30. The maximum atomic E-state index is 12.8. The number of piperidine rings is 1. The molecule has 1 aromatic rings. The summed E-state index contributed by atoms with van der Waals surface area (Å²) in [4.78, 5) is 7.08. The zero-order valence-corrected chi connectivity index (χ0v) is 13.3. The van der Waals surface area contributed by atoms with Gasteiger partial charge in [0, 0.05) is 25.0 Å². The topological polar surface area (TPSA) is 78.1 Å². The molecule has 21 heavy (non-hydrogen) atoms. The maximum absolute atomic E-state index is 12.8. The van der Waals surface area contributed by atoms with Crippen molar-refractivity contribution in [2.75, 3.05) is 13.1 Å². The number of hydrogen-bond acceptors (Lipinski definition) is 4. The van der Waals surface area contributed by atoms with E-state index < -0.39 is 10.0 Å². The molecule has 1 aromatic heterocycles. The minimum Gasteiger partial charge on any atom is -0.332 e. The second-order valence-corrected chi connectivity index (χ2v) is 7.86.